The Morgan fingerprint density at radius 3 is 2.37 bits per heavy atom. The molecular formula is C34H35ClN2O3S. The largest absolute Gasteiger partial charge is 0.489 e. The van der Waals surface area contributed by atoms with Crippen molar-refractivity contribution < 1.29 is 9.53 Å². The van der Waals surface area contributed by atoms with Gasteiger partial charge in [0.2, 0.25) is 5.56 Å². The third-order valence-electron chi connectivity index (χ3n) is 6.89. The number of halogens is 1. The van der Waals surface area contributed by atoms with E-state index in [9.17, 15) is 9.59 Å². The summed E-state index contributed by atoms with van der Waals surface area (Å²) in [6.07, 6.45) is 1.67. The maximum Gasteiger partial charge on any atom is 0.248 e. The van der Waals surface area contributed by atoms with Crippen molar-refractivity contribution in [2.75, 3.05) is 0 Å². The molecule has 0 unspecified atom stereocenters. The van der Waals surface area contributed by atoms with E-state index in [2.05, 4.69) is 54.6 Å². The smallest absolute Gasteiger partial charge is 0.248 e. The molecule has 0 amide bonds. The number of aromatic nitrogens is 2. The van der Waals surface area contributed by atoms with Crippen LogP contribution >= 0.6 is 23.4 Å². The molecule has 0 spiro atoms. The SMILES string of the molecule is CC(C)(C=O)Cc1c(SC(C)(C)C)c2cc(OCc3ccc4[nH]c(=O)ccc4c3)ccc2n1Cc1ccc(Cl)cc1. The molecule has 0 radical (unpaired) electrons. The summed E-state index contributed by atoms with van der Waals surface area (Å²) in [7, 11) is 0. The van der Waals surface area contributed by atoms with E-state index in [0.29, 0.717) is 24.6 Å². The van der Waals surface area contributed by atoms with Crippen LogP contribution in [0.5, 0.6) is 5.75 Å². The van der Waals surface area contributed by atoms with Crippen molar-refractivity contribution in [2.24, 2.45) is 5.41 Å². The van der Waals surface area contributed by atoms with Crippen LogP contribution in [0.15, 0.2) is 82.5 Å². The first-order valence-corrected chi connectivity index (χ1v) is 14.9. The van der Waals surface area contributed by atoms with Gasteiger partial charge in [0, 0.05) is 61.2 Å². The molecule has 0 aliphatic rings. The highest BCUT2D eigenvalue weighted by Crippen LogP contribution is 2.44. The van der Waals surface area contributed by atoms with E-state index in [0.717, 1.165) is 50.7 Å². The minimum Gasteiger partial charge on any atom is -0.489 e. The van der Waals surface area contributed by atoms with Gasteiger partial charge in [0.15, 0.2) is 0 Å². The van der Waals surface area contributed by atoms with E-state index in [1.807, 2.05) is 68.1 Å². The molecule has 2 aromatic heterocycles. The Labute approximate surface area is 249 Å². The van der Waals surface area contributed by atoms with Crippen molar-refractivity contribution in [3.8, 4) is 5.75 Å². The molecule has 0 saturated carbocycles. The number of pyridine rings is 1. The van der Waals surface area contributed by atoms with Gasteiger partial charge in [-0.15, -0.1) is 11.8 Å². The summed E-state index contributed by atoms with van der Waals surface area (Å²) >= 11 is 8.00. The summed E-state index contributed by atoms with van der Waals surface area (Å²) in [5.41, 5.74) is 4.58. The summed E-state index contributed by atoms with van der Waals surface area (Å²) in [6.45, 7) is 11.7. The van der Waals surface area contributed by atoms with Crippen molar-refractivity contribution in [2.45, 2.75) is 63.8 Å². The Kier molecular flexibility index (Phi) is 8.09. The maximum absolute atomic E-state index is 12.1. The van der Waals surface area contributed by atoms with Crippen LogP contribution in [-0.4, -0.2) is 20.6 Å². The summed E-state index contributed by atoms with van der Waals surface area (Å²) in [4.78, 5) is 27.7. The molecule has 212 valence electrons. The summed E-state index contributed by atoms with van der Waals surface area (Å²) in [5.74, 6) is 0.777. The topological polar surface area (TPSA) is 64.1 Å². The Morgan fingerprint density at radius 2 is 1.66 bits per heavy atom. The molecule has 0 saturated heterocycles. The number of thioether (sulfide) groups is 1. The first-order valence-electron chi connectivity index (χ1n) is 13.7. The number of benzene rings is 3. The van der Waals surface area contributed by atoms with Crippen molar-refractivity contribution in [3.63, 3.8) is 0 Å². The van der Waals surface area contributed by atoms with Crippen LogP contribution in [0.1, 0.15) is 51.4 Å². The molecule has 2 heterocycles. The quantitative estimate of drug-likeness (QED) is 0.139. The summed E-state index contributed by atoms with van der Waals surface area (Å²) < 4.78 is 8.60. The van der Waals surface area contributed by atoms with E-state index in [4.69, 9.17) is 16.3 Å². The highest BCUT2D eigenvalue weighted by atomic mass is 35.5. The minimum atomic E-state index is -0.515. The van der Waals surface area contributed by atoms with Gasteiger partial charge in [0.1, 0.15) is 18.6 Å². The van der Waals surface area contributed by atoms with Gasteiger partial charge >= 0.3 is 0 Å². The van der Waals surface area contributed by atoms with E-state index in [1.54, 1.807) is 0 Å². The van der Waals surface area contributed by atoms with Crippen molar-refractivity contribution in [3.05, 3.63) is 105 Å². The van der Waals surface area contributed by atoms with Crippen LogP contribution in [0.4, 0.5) is 0 Å². The number of aromatic amines is 1. The fourth-order valence-electron chi connectivity index (χ4n) is 4.93. The molecule has 1 N–H and O–H groups in total. The first kappa shape index (κ1) is 29.0. The Bertz CT molecular complexity index is 1780. The van der Waals surface area contributed by atoms with Gasteiger partial charge in [-0.3, -0.25) is 4.79 Å². The normalized spacial score (nSPS) is 12.2. The second-order valence-electron chi connectivity index (χ2n) is 12.2. The van der Waals surface area contributed by atoms with Crippen molar-refractivity contribution >= 4 is 51.5 Å². The minimum absolute atomic E-state index is 0.0393. The van der Waals surface area contributed by atoms with Gasteiger partial charge in [-0.1, -0.05) is 64.4 Å². The number of aldehydes is 1. The molecule has 0 aliphatic heterocycles. The van der Waals surface area contributed by atoms with Gasteiger partial charge in [0.05, 0.1) is 0 Å². The van der Waals surface area contributed by atoms with Crippen LogP contribution in [0, 0.1) is 5.41 Å². The zero-order valence-electron chi connectivity index (χ0n) is 24.1. The molecule has 3 aromatic carbocycles. The van der Waals surface area contributed by atoms with Crippen molar-refractivity contribution in [1.82, 2.24) is 9.55 Å². The third-order valence-corrected chi connectivity index (χ3v) is 8.41. The van der Waals surface area contributed by atoms with E-state index < -0.39 is 5.41 Å². The predicted octanol–water partition coefficient (Wildman–Crippen LogP) is 8.42. The third kappa shape index (κ3) is 6.88. The zero-order valence-corrected chi connectivity index (χ0v) is 25.7. The number of hydrogen-bond acceptors (Lipinski definition) is 4. The number of nitrogens with zero attached hydrogens (tertiary/aromatic N) is 1. The second kappa shape index (κ2) is 11.4. The predicted molar refractivity (Wildman–Crippen MR) is 171 cm³/mol. The van der Waals surface area contributed by atoms with Crippen molar-refractivity contribution in [1.29, 1.82) is 0 Å². The number of carbonyl (C=O) groups is 1. The number of carbonyl (C=O) groups excluding carboxylic acids is 1. The highest BCUT2D eigenvalue weighted by Gasteiger charge is 2.28. The molecule has 0 aliphatic carbocycles. The molecule has 0 atom stereocenters. The zero-order chi connectivity index (χ0) is 29.4. The lowest BCUT2D eigenvalue weighted by atomic mass is 9.89. The number of hydrogen-bond donors (Lipinski definition) is 1. The van der Waals surface area contributed by atoms with E-state index in [1.165, 1.54) is 11.0 Å². The summed E-state index contributed by atoms with van der Waals surface area (Å²) in [5, 5.41) is 2.79. The van der Waals surface area contributed by atoms with E-state index >= 15 is 0 Å². The Hall–Kier alpha value is -3.48. The lowest BCUT2D eigenvalue weighted by Gasteiger charge is -2.23. The van der Waals surface area contributed by atoms with Gasteiger partial charge in [-0.25, -0.2) is 0 Å². The number of rotatable bonds is 9. The maximum atomic E-state index is 12.1. The highest BCUT2D eigenvalue weighted by molar-refractivity contribution is 8.00. The fourth-order valence-corrected chi connectivity index (χ4v) is 6.24. The number of ether oxygens (including phenoxy) is 1. The average Bonchev–Trinajstić information content (AvgIpc) is 3.18. The molecular weight excluding hydrogens is 552 g/mol. The van der Waals surface area contributed by atoms with Gasteiger partial charge in [-0.2, -0.15) is 0 Å². The van der Waals surface area contributed by atoms with Crippen LogP contribution in [0.25, 0.3) is 21.8 Å². The number of fused-ring (bicyclic) bond motifs is 2. The molecule has 5 nitrogen and oxygen atoms in total. The summed E-state index contributed by atoms with van der Waals surface area (Å²) in [6, 6.07) is 23.5. The molecule has 5 rings (SSSR count). The fraction of sp³-hybridized carbons (Fsp3) is 0.294. The molecule has 41 heavy (non-hydrogen) atoms. The van der Waals surface area contributed by atoms with Crippen LogP contribution in [-0.2, 0) is 24.4 Å². The van der Waals surface area contributed by atoms with Crippen LogP contribution in [0.2, 0.25) is 5.02 Å². The standard InChI is InChI=1S/C34H35ClN2O3S/c1-33(2,3)41-32-27-17-26(40-20-23-8-13-28-24(16-23)9-15-31(39)36-28)12-14-29(27)37(30(32)18-34(4,5)21-38)19-22-6-10-25(35)11-7-22/h6-17,21H,18-20H2,1-5H3,(H,36,39). The molecule has 5 aromatic rings. The lowest BCUT2D eigenvalue weighted by molar-refractivity contribution is -0.114. The first-order chi connectivity index (χ1) is 19.4. The van der Waals surface area contributed by atoms with Crippen LogP contribution < -0.4 is 10.3 Å². The van der Waals surface area contributed by atoms with Gasteiger partial charge in [-0.05, 0) is 65.0 Å². The number of nitrogens with one attached hydrogen (secondary N) is 1. The van der Waals surface area contributed by atoms with Gasteiger partial charge < -0.3 is 19.1 Å². The second-order valence-corrected chi connectivity index (χ2v) is 14.5. The Balaban J connectivity index is 1.56. The number of H-pyrrole nitrogens is 1. The monoisotopic (exact) mass is 586 g/mol. The molecule has 0 bridgehead atoms. The van der Waals surface area contributed by atoms with Gasteiger partial charge in [0.25, 0.3) is 0 Å². The van der Waals surface area contributed by atoms with Crippen LogP contribution in [0.3, 0.4) is 0 Å². The average molecular weight is 587 g/mol. The lowest BCUT2D eigenvalue weighted by Crippen LogP contribution is -2.20. The van der Waals surface area contributed by atoms with E-state index in [-0.39, 0.29) is 10.3 Å². The molecule has 0 fully saturated rings. The Morgan fingerprint density at radius 1 is 0.927 bits per heavy atom. The molecule has 7 heteroatoms.